The predicted molar refractivity (Wildman–Crippen MR) is 53.1 cm³/mol. The molecule has 0 bridgehead atoms. The lowest BCUT2D eigenvalue weighted by molar-refractivity contribution is -0.122. The summed E-state index contributed by atoms with van der Waals surface area (Å²) in [7, 11) is 0. The molecule has 1 unspecified atom stereocenters. The third-order valence-electron chi connectivity index (χ3n) is 2.05. The number of ketones is 1. The Morgan fingerprint density at radius 1 is 1.42 bits per heavy atom. The highest BCUT2D eigenvalue weighted by atomic mass is 16.1. The molecule has 0 rings (SSSR count). The molecule has 0 spiro atoms. The average Bonchev–Trinajstić information content (AvgIpc) is 2.00. The summed E-state index contributed by atoms with van der Waals surface area (Å²) in [4.78, 5) is 11.3. The summed E-state index contributed by atoms with van der Waals surface area (Å²) in [5.41, 5.74) is 1.17. The van der Waals surface area contributed by atoms with Crippen molar-refractivity contribution in [2.24, 2.45) is 5.92 Å². The van der Waals surface area contributed by atoms with Gasteiger partial charge in [0.2, 0.25) is 0 Å². The molecule has 0 fully saturated rings. The van der Waals surface area contributed by atoms with E-state index in [1.165, 1.54) is 5.57 Å². The SMILES string of the molecule is C=C(C)CCC(C)C(=O)CCC. The van der Waals surface area contributed by atoms with Crippen molar-refractivity contribution in [1.82, 2.24) is 0 Å². The summed E-state index contributed by atoms with van der Waals surface area (Å²) in [6.07, 6.45) is 3.65. The zero-order chi connectivity index (χ0) is 9.56. The molecule has 1 nitrogen and oxygen atoms in total. The summed E-state index contributed by atoms with van der Waals surface area (Å²) in [6, 6.07) is 0. The second kappa shape index (κ2) is 5.99. The van der Waals surface area contributed by atoms with E-state index in [1.807, 2.05) is 20.8 Å². The fourth-order valence-electron chi connectivity index (χ4n) is 1.12. The van der Waals surface area contributed by atoms with E-state index >= 15 is 0 Å². The largest absolute Gasteiger partial charge is 0.299 e. The Kier molecular flexibility index (Phi) is 5.69. The maximum absolute atomic E-state index is 11.3. The normalized spacial score (nSPS) is 12.6. The molecule has 0 aromatic rings. The molecule has 0 heterocycles. The van der Waals surface area contributed by atoms with Crippen molar-refractivity contribution in [3.05, 3.63) is 12.2 Å². The van der Waals surface area contributed by atoms with Gasteiger partial charge >= 0.3 is 0 Å². The van der Waals surface area contributed by atoms with Gasteiger partial charge in [0, 0.05) is 12.3 Å². The molecule has 0 aromatic heterocycles. The smallest absolute Gasteiger partial charge is 0.135 e. The Balaban J connectivity index is 3.63. The quantitative estimate of drug-likeness (QED) is 0.556. The van der Waals surface area contributed by atoms with Crippen LogP contribution in [0.25, 0.3) is 0 Å². The van der Waals surface area contributed by atoms with Crippen LogP contribution in [0.3, 0.4) is 0 Å². The van der Waals surface area contributed by atoms with Crippen molar-refractivity contribution in [3.63, 3.8) is 0 Å². The number of Topliss-reactive ketones (excluding diaryl/α,β-unsaturated/α-hetero) is 1. The first-order valence-corrected chi connectivity index (χ1v) is 4.75. The molecule has 0 N–H and O–H groups in total. The molecule has 0 amide bonds. The molecule has 0 aromatic carbocycles. The Morgan fingerprint density at radius 3 is 2.42 bits per heavy atom. The third kappa shape index (κ3) is 5.11. The lowest BCUT2D eigenvalue weighted by atomic mass is 9.96. The van der Waals surface area contributed by atoms with Gasteiger partial charge in [0.25, 0.3) is 0 Å². The highest BCUT2D eigenvalue weighted by Crippen LogP contribution is 2.13. The molecule has 1 atom stereocenters. The highest BCUT2D eigenvalue weighted by Gasteiger charge is 2.10. The molecule has 0 aliphatic carbocycles. The van der Waals surface area contributed by atoms with Gasteiger partial charge in [0.15, 0.2) is 0 Å². The predicted octanol–water partition coefficient (Wildman–Crippen LogP) is 3.35. The van der Waals surface area contributed by atoms with Gasteiger partial charge in [0.1, 0.15) is 5.78 Å². The Hall–Kier alpha value is -0.590. The van der Waals surface area contributed by atoms with Crippen LogP contribution in [0.2, 0.25) is 0 Å². The average molecular weight is 168 g/mol. The first kappa shape index (κ1) is 11.4. The zero-order valence-corrected chi connectivity index (χ0v) is 8.52. The van der Waals surface area contributed by atoms with E-state index in [9.17, 15) is 4.79 Å². The first-order valence-electron chi connectivity index (χ1n) is 4.75. The fraction of sp³-hybridized carbons (Fsp3) is 0.727. The molecule has 0 aliphatic heterocycles. The maximum atomic E-state index is 11.3. The molecular formula is C11H20O. The van der Waals surface area contributed by atoms with Crippen molar-refractivity contribution in [3.8, 4) is 0 Å². The minimum absolute atomic E-state index is 0.224. The van der Waals surface area contributed by atoms with E-state index in [4.69, 9.17) is 0 Å². The van der Waals surface area contributed by atoms with Crippen molar-refractivity contribution in [1.29, 1.82) is 0 Å². The standard InChI is InChI=1S/C11H20O/c1-5-6-11(12)10(4)8-7-9(2)3/h10H,2,5-8H2,1,3-4H3. The van der Waals surface area contributed by atoms with E-state index in [2.05, 4.69) is 6.58 Å². The second-order valence-corrected chi connectivity index (χ2v) is 3.61. The fourth-order valence-corrected chi connectivity index (χ4v) is 1.12. The van der Waals surface area contributed by atoms with Crippen LogP contribution in [0.1, 0.15) is 46.5 Å². The summed E-state index contributed by atoms with van der Waals surface area (Å²) in [5, 5.41) is 0. The summed E-state index contributed by atoms with van der Waals surface area (Å²) in [6.45, 7) is 9.89. The van der Waals surface area contributed by atoms with Crippen LogP contribution in [0.15, 0.2) is 12.2 Å². The van der Waals surface area contributed by atoms with Crippen LogP contribution in [0.5, 0.6) is 0 Å². The number of carbonyl (C=O) groups is 1. The van der Waals surface area contributed by atoms with Crippen LogP contribution in [0.4, 0.5) is 0 Å². The van der Waals surface area contributed by atoms with Gasteiger partial charge in [-0.15, -0.1) is 6.58 Å². The van der Waals surface area contributed by atoms with Gasteiger partial charge in [-0.25, -0.2) is 0 Å². The number of carbonyl (C=O) groups excluding carboxylic acids is 1. The molecule has 0 aliphatic rings. The summed E-state index contributed by atoms with van der Waals surface area (Å²) in [5.74, 6) is 0.625. The number of allylic oxidation sites excluding steroid dienone is 1. The molecule has 70 valence electrons. The summed E-state index contributed by atoms with van der Waals surface area (Å²) >= 11 is 0. The number of hydrogen-bond acceptors (Lipinski definition) is 1. The van der Waals surface area contributed by atoms with Gasteiger partial charge in [-0.05, 0) is 26.2 Å². The van der Waals surface area contributed by atoms with Gasteiger partial charge in [-0.3, -0.25) is 4.79 Å². The minimum Gasteiger partial charge on any atom is -0.299 e. The van der Waals surface area contributed by atoms with Crippen molar-refractivity contribution < 1.29 is 4.79 Å². The van der Waals surface area contributed by atoms with E-state index in [-0.39, 0.29) is 5.92 Å². The zero-order valence-electron chi connectivity index (χ0n) is 8.52. The van der Waals surface area contributed by atoms with Crippen LogP contribution in [-0.2, 0) is 4.79 Å². The summed E-state index contributed by atoms with van der Waals surface area (Å²) < 4.78 is 0. The van der Waals surface area contributed by atoms with Crippen molar-refractivity contribution in [2.45, 2.75) is 46.5 Å². The van der Waals surface area contributed by atoms with Gasteiger partial charge < -0.3 is 0 Å². The van der Waals surface area contributed by atoms with Gasteiger partial charge in [-0.1, -0.05) is 19.4 Å². The maximum Gasteiger partial charge on any atom is 0.135 e. The monoisotopic (exact) mass is 168 g/mol. The highest BCUT2D eigenvalue weighted by molar-refractivity contribution is 5.80. The Morgan fingerprint density at radius 2 is 2.00 bits per heavy atom. The molecule has 0 saturated carbocycles. The van der Waals surface area contributed by atoms with E-state index in [1.54, 1.807) is 0 Å². The first-order chi connectivity index (χ1) is 5.57. The minimum atomic E-state index is 0.224. The Labute approximate surface area is 75.9 Å². The molecular weight excluding hydrogens is 148 g/mol. The topological polar surface area (TPSA) is 17.1 Å². The van der Waals surface area contributed by atoms with Gasteiger partial charge in [0.05, 0.1) is 0 Å². The van der Waals surface area contributed by atoms with Crippen LogP contribution in [0, 0.1) is 5.92 Å². The third-order valence-corrected chi connectivity index (χ3v) is 2.05. The van der Waals surface area contributed by atoms with Crippen molar-refractivity contribution in [2.75, 3.05) is 0 Å². The lowest BCUT2D eigenvalue weighted by Crippen LogP contribution is -2.10. The van der Waals surface area contributed by atoms with Gasteiger partial charge in [-0.2, -0.15) is 0 Å². The molecule has 1 heteroatoms. The Bertz CT molecular complexity index is 158. The van der Waals surface area contributed by atoms with Crippen LogP contribution in [-0.4, -0.2) is 5.78 Å². The second-order valence-electron chi connectivity index (χ2n) is 3.61. The lowest BCUT2D eigenvalue weighted by Gasteiger charge is -2.08. The number of rotatable bonds is 6. The van der Waals surface area contributed by atoms with E-state index < -0.39 is 0 Å². The molecule has 12 heavy (non-hydrogen) atoms. The number of hydrogen-bond donors (Lipinski definition) is 0. The molecule has 0 radical (unpaired) electrons. The van der Waals surface area contributed by atoms with E-state index in [0.29, 0.717) is 5.78 Å². The van der Waals surface area contributed by atoms with Crippen LogP contribution >= 0.6 is 0 Å². The van der Waals surface area contributed by atoms with E-state index in [0.717, 1.165) is 25.7 Å². The molecule has 0 saturated heterocycles. The van der Waals surface area contributed by atoms with Crippen molar-refractivity contribution >= 4 is 5.78 Å². The van der Waals surface area contributed by atoms with Crippen LogP contribution < -0.4 is 0 Å².